The summed E-state index contributed by atoms with van der Waals surface area (Å²) in [5, 5.41) is 6.10. The van der Waals surface area contributed by atoms with E-state index in [1.165, 1.54) is 26.3 Å². The van der Waals surface area contributed by atoms with Crippen molar-refractivity contribution in [2.45, 2.75) is 58.0 Å². The maximum atomic E-state index is 13.4. The molecule has 36 heavy (non-hydrogen) atoms. The van der Waals surface area contributed by atoms with E-state index in [2.05, 4.69) is 31.7 Å². The van der Waals surface area contributed by atoms with Crippen molar-refractivity contribution >= 4 is 22.8 Å². The second-order valence-corrected chi connectivity index (χ2v) is 10.0. The van der Waals surface area contributed by atoms with E-state index in [1.807, 2.05) is 26.0 Å². The normalized spacial score (nSPS) is 19.4. The Balaban J connectivity index is 1.38. The molecule has 2 aliphatic rings. The smallest absolute Gasteiger partial charge is 0.255 e. The molecule has 0 radical (unpaired) electrons. The van der Waals surface area contributed by atoms with Gasteiger partial charge in [-0.15, -0.1) is 0 Å². The minimum Gasteiger partial charge on any atom is -0.493 e. The number of nitrogens with one attached hydrogen (secondary N) is 3. The monoisotopic (exact) mass is 491 g/mol. The van der Waals surface area contributed by atoms with Gasteiger partial charge in [-0.2, -0.15) is 0 Å². The van der Waals surface area contributed by atoms with Gasteiger partial charge < -0.3 is 25.1 Å². The molecule has 0 saturated heterocycles. The molecule has 2 aliphatic carbocycles. The maximum absolute atomic E-state index is 13.4. The lowest BCUT2D eigenvalue weighted by Gasteiger charge is -2.15. The number of methoxy groups -OCH3 is 1. The van der Waals surface area contributed by atoms with Crippen LogP contribution < -0.4 is 15.4 Å². The quantitative estimate of drug-likeness (QED) is 0.422. The van der Waals surface area contributed by atoms with Crippen molar-refractivity contribution in [2.24, 2.45) is 5.92 Å². The van der Waals surface area contributed by atoms with E-state index in [0.29, 0.717) is 30.0 Å². The van der Waals surface area contributed by atoms with Gasteiger partial charge in [-0.25, -0.2) is 9.97 Å². The summed E-state index contributed by atoms with van der Waals surface area (Å²) in [6, 6.07) is 6.11. The van der Waals surface area contributed by atoms with Crippen LogP contribution in [0.4, 0.5) is 0 Å². The summed E-state index contributed by atoms with van der Waals surface area (Å²) >= 11 is 0. The predicted molar refractivity (Wildman–Crippen MR) is 136 cm³/mol. The van der Waals surface area contributed by atoms with Crippen LogP contribution in [0.3, 0.4) is 0 Å². The molecule has 2 atom stereocenters. The lowest BCUT2D eigenvalue weighted by atomic mass is 10.1. The Morgan fingerprint density at radius 1 is 1.08 bits per heavy atom. The van der Waals surface area contributed by atoms with Gasteiger partial charge in [0.15, 0.2) is 0 Å². The number of amides is 2. The first-order valence-electron chi connectivity index (χ1n) is 12.6. The van der Waals surface area contributed by atoms with E-state index in [0.717, 1.165) is 46.6 Å². The summed E-state index contributed by atoms with van der Waals surface area (Å²) in [6.45, 7) is 4.66. The average molecular weight is 492 g/mol. The van der Waals surface area contributed by atoms with Gasteiger partial charge in [0, 0.05) is 30.5 Å². The van der Waals surface area contributed by atoms with Gasteiger partial charge >= 0.3 is 0 Å². The van der Waals surface area contributed by atoms with Crippen molar-refractivity contribution < 1.29 is 19.1 Å². The molecule has 2 aromatic heterocycles. The van der Waals surface area contributed by atoms with Crippen molar-refractivity contribution in [1.82, 2.24) is 25.6 Å². The molecule has 2 heterocycles. The Bertz CT molecular complexity index is 1280. The van der Waals surface area contributed by atoms with Crippen molar-refractivity contribution in [1.29, 1.82) is 0 Å². The van der Waals surface area contributed by atoms with Gasteiger partial charge in [-0.05, 0) is 64.0 Å². The number of H-pyrrole nitrogens is 1. The first kappa shape index (κ1) is 24.2. The zero-order chi connectivity index (χ0) is 25.2. The molecule has 2 saturated carbocycles. The number of carbonyl (C=O) groups is 2. The molecule has 0 aliphatic heterocycles. The standard InChI is InChI=1S/C27H33N5O4/c1-15-4-9-21(36-12-17-5-6-17)20(10-15)24-26-25(29-14-28-24)23(16(2)30-26)27(34)32-19-8-7-18(11-19)31-22(33)13-35-3/h4,9-10,14,17-19,30H,5-8,11-13H2,1-3H3,(H,31,33)(H,32,34)/t18-,19+/m1/s1. The molecule has 3 aromatic rings. The fourth-order valence-electron chi connectivity index (χ4n) is 4.95. The Labute approximate surface area is 210 Å². The maximum Gasteiger partial charge on any atom is 0.255 e. The molecule has 0 spiro atoms. The minimum atomic E-state index is -0.174. The molecule has 9 heteroatoms. The highest BCUT2D eigenvalue weighted by Gasteiger charge is 2.29. The summed E-state index contributed by atoms with van der Waals surface area (Å²) in [6.07, 6.45) is 6.25. The van der Waals surface area contributed by atoms with Crippen molar-refractivity contribution in [2.75, 3.05) is 20.3 Å². The first-order chi connectivity index (χ1) is 17.4. The number of hydrogen-bond acceptors (Lipinski definition) is 6. The highest BCUT2D eigenvalue weighted by Crippen LogP contribution is 2.37. The SMILES string of the molecule is COCC(=O)N[C@@H]1CC[C@H](NC(=O)c2c(C)[nH]c3c(-c4cc(C)ccc4OCC4CC4)ncnc23)C1. The molecule has 0 bridgehead atoms. The summed E-state index contributed by atoms with van der Waals surface area (Å²) in [5.41, 5.74) is 5.28. The van der Waals surface area contributed by atoms with Crippen LogP contribution in [-0.4, -0.2) is 59.2 Å². The summed E-state index contributed by atoms with van der Waals surface area (Å²) < 4.78 is 11.0. The predicted octanol–water partition coefficient (Wildman–Crippen LogP) is 3.44. The number of aromatic nitrogens is 3. The minimum absolute atomic E-state index is 0.0183. The number of benzene rings is 1. The van der Waals surface area contributed by atoms with Gasteiger partial charge in [-0.1, -0.05) is 11.6 Å². The Kier molecular flexibility index (Phi) is 6.91. The second-order valence-electron chi connectivity index (χ2n) is 10.0. The molecular formula is C27H33N5O4. The van der Waals surface area contributed by atoms with Crippen LogP contribution in [0.25, 0.3) is 22.3 Å². The van der Waals surface area contributed by atoms with E-state index in [4.69, 9.17) is 9.47 Å². The third-order valence-electron chi connectivity index (χ3n) is 6.97. The van der Waals surface area contributed by atoms with Gasteiger partial charge in [-0.3, -0.25) is 9.59 Å². The lowest BCUT2D eigenvalue weighted by Crippen LogP contribution is -2.38. The number of aryl methyl sites for hydroxylation is 2. The lowest BCUT2D eigenvalue weighted by molar-refractivity contribution is -0.125. The second kappa shape index (κ2) is 10.3. The highest BCUT2D eigenvalue weighted by atomic mass is 16.5. The summed E-state index contributed by atoms with van der Waals surface area (Å²) in [4.78, 5) is 37.6. The number of nitrogens with zero attached hydrogens (tertiary/aromatic N) is 2. The number of hydrogen-bond donors (Lipinski definition) is 3. The van der Waals surface area contributed by atoms with Crippen LogP contribution in [0.5, 0.6) is 5.75 Å². The highest BCUT2D eigenvalue weighted by molar-refractivity contribution is 6.09. The van der Waals surface area contributed by atoms with E-state index in [9.17, 15) is 9.59 Å². The first-order valence-corrected chi connectivity index (χ1v) is 12.6. The van der Waals surface area contributed by atoms with E-state index in [-0.39, 0.29) is 30.5 Å². The van der Waals surface area contributed by atoms with Gasteiger partial charge in [0.25, 0.3) is 5.91 Å². The van der Waals surface area contributed by atoms with Gasteiger partial charge in [0.05, 0.1) is 17.7 Å². The van der Waals surface area contributed by atoms with Crippen LogP contribution in [0.15, 0.2) is 24.5 Å². The number of aromatic amines is 1. The number of ether oxygens (including phenoxy) is 2. The Morgan fingerprint density at radius 3 is 2.61 bits per heavy atom. The fraction of sp³-hybridized carbons (Fsp3) is 0.481. The Morgan fingerprint density at radius 2 is 1.86 bits per heavy atom. The zero-order valence-electron chi connectivity index (χ0n) is 21.0. The molecule has 190 valence electrons. The van der Waals surface area contributed by atoms with E-state index in [1.54, 1.807) is 0 Å². The topological polar surface area (TPSA) is 118 Å². The Hall–Kier alpha value is -3.46. The molecule has 2 fully saturated rings. The number of rotatable bonds is 9. The van der Waals surface area contributed by atoms with Crippen LogP contribution in [0, 0.1) is 19.8 Å². The van der Waals surface area contributed by atoms with Crippen LogP contribution >= 0.6 is 0 Å². The van der Waals surface area contributed by atoms with Crippen LogP contribution in [-0.2, 0) is 9.53 Å². The van der Waals surface area contributed by atoms with E-state index >= 15 is 0 Å². The molecule has 3 N–H and O–H groups in total. The van der Waals surface area contributed by atoms with E-state index < -0.39 is 0 Å². The average Bonchev–Trinajstić information content (AvgIpc) is 3.47. The third kappa shape index (κ3) is 5.21. The van der Waals surface area contributed by atoms with Crippen LogP contribution in [0.2, 0.25) is 0 Å². The molecule has 5 rings (SSSR count). The molecule has 2 amide bonds. The third-order valence-corrected chi connectivity index (χ3v) is 6.97. The summed E-state index contributed by atoms with van der Waals surface area (Å²) in [5.74, 6) is 1.11. The molecule has 9 nitrogen and oxygen atoms in total. The van der Waals surface area contributed by atoms with Crippen molar-refractivity contribution in [3.63, 3.8) is 0 Å². The van der Waals surface area contributed by atoms with Crippen LogP contribution in [0.1, 0.15) is 53.7 Å². The zero-order valence-corrected chi connectivity index (χ0v) is 21.0. The fourth-order valence-corrected chi connectivity index (χ4v) is 4.95. The van der Waals surface area contributed by atoms with Gasteiger partial charge in [0.2, 0.25) is 5.91 Å². The molecular weight excluding hydrogens is 458 g/mol. The van der Waals surface area contributed by atoms with Gasteiger partial charge in [0.1, 0.15) is 29.9 Å². The van der Waals surface area contributed by atoms with Crippen molar-refractivity contribution in [3.8, 4) is 17.0 Å². The van der Waals surface area contributed by atoms with Crippen molar-refractivity contribution in [3.05, 3.63) is 41.3 Å². The number of carbonyl (C=O) groups excluding carboxylic acids is 2. The summed E-state index contributed by atoms with van der Waals surface area (Å²) in [7, 11) is 1.50. The number of fused-ring (bicyclic) bond motifs is 1. The molecule has 1 aromatic carbocycles. The molecule has 0 unspecified atom stereocenters. The largest absolute Gasteiger partial charge is 0.493 e.